The molecule has 0 spiro atoms. The van der Waals surface area contributed by atoms with E-state index < -0.39 is 97.5 Å². The molecule has 0 amide bonds. The maximum Gasteiger partial charge on any atom is 0.472 e. The Balaban J connectivity index is 5.17. The number of carbonyl (C=O) groups is 4. The van der Waals surface area contributed by atoms with Gasteiger partial charge in [0.05, 0.1) is 26.4 Å². The van der Waals surface area contributed by atoms with E-state index in [9.17, 15) is 43.2 Å². The number of ether oxygens (including phenoxy) is 4. The molecule has 3 N–H and O–H groups in total. The largest absolute Gasteiger partial charge is 0.472 e. The highest BCUT2D eigenvalue weighted by atomic mass is 31.2. The number of phosphoric ester groups is 2. The fourth-order valence-electron chi connectivity index (χ4n) is 11.3. The van der Waals surface area contributed by atoms with Crippen molar-refractivity contribution in [2.24, 2.45) is 11.8 Å². The first-order valence-corrected chi connectivity index (χ1v) is 41.5. The summed E-state index contributed by atoms with van der Waals surface area (Å²) < 4.78 is 68.3. The molecule has 0 aromatic heterocycles. The van der Waals surface area contributed by atoms with Crippen molar-refractivity contribution < 1.29 is 80.2 Å². The lowest BCUT2D eigenvalue weighted by Gasteiger charge is -2.21. The Labute approximate surface area is 568 Å². The zero-order valence-corrected chi connectivity index (χ0v) is 62.3. The first-order chi connectivity index (χ1) is 44.9. The quantitative estimate of drug-likeness (QED) is 0.0222. The zero-order valence-electron chi connectivity index (χ0n) is 60.6. The van der Waals surface area contributed by atoms with Gasteiger partial charge in [-0.2, -0.15) is 0 Å². The third-order valence-corrected chi connectivity index (χ3v) is 19.1. The van der Waals surface area contributed by atoms with Crippen LogP contribution in [0.4, 0.5) is 0 Å². The van der Waals surface area contributed by atoms with E-state index >= 15 is 0 Å². The first kappa shape index (κ1) is 91.1. The highest BCUT2D eigenvalue weighted by molar-refractivity contribution is 7.47. The molecular formula is C74H144O17P2. The van der Waals surface area contributed by atoms with Gasteiger partial charge in [-0.25, -0.2) is 9.13 Å². The monoisotopic (exact) mass is 1370 g/mol. The molecule has 0 aromatic carbocycles. The number of aliphatic hydroxyl groups excluding tert-OH is 1. The second-order valence-electron chi connectivity index (χ2n) is 27.6. The zero-order chi connectivity index (χ0) is 68.6. The molecule has 552 valence electrons. The van der Waals surface area contributed by atoms with E-state index in [2.05, 4.69) is 41.5 Å². The van der Waals surface area contributed by atoms with E-state index in [-0.39, 0.29) is 25.7 Å². The van der Waals surface area contributed by atoms with Crippen molar-refractivity contribution in [3.8, 4) is 0 Å². The van der Waals surface area contributed by atoms with Crippen molar-refractivity contribution in [2.45, 2.75) is 400 Å². The van der Waals surface area contributed by atoms with E-state index in [0.717, 1.165) is 102 Å². The van der Waals surface area contributed by atoms with Crippen LogP contribution in [0.3, 0.4) is 0 Å². The molecule has 0 aliphatic carbocycles. The smallest absolute Gasteiger partial charge is 0.462 e. The van der Waals surface area contributed by atoms with Gasteiger partial charge in [0.25, 0.3) is 0 Å². The van der Waals surface area contributed by atoms with Crippen molar-refractivity contribution in [2.75, 3.05) is 39.6 Å². The Kier molecular flexibility index (Phi) is 64.6. The predicted octanol–water partition coefficient (Wildman–Crippen LogP) is 21.6. The van der Waals surface area contributed by atoms with Gasteiger partial charge >= 0.3 is 39.5 Å². The summed E-state index contributed by atoms with van der Waals surface area (Å²) in [7, 11) is -9.90. The fraction of sp³-hybridized carbons (Fsp3) is 0.946. The molecule has 0 fully saturated rings. The number of aliphatic hydroxyl groups is 1. The topological polar surface area (TPSA) is 237 Å². The van der Waals surface area contributed by atoms with Crippen molar-refractivity contribution in [1.82, 2.24) is 0 Å². The lowest BCUT2D eigenvalue weighted by molar-refractivity contribution is -0.161. The molecule has 2 unspecified atom stereocenters. The minimum atomic E-state index is -4.95. The summed E-state index contributed by atoms with van der Waals surface area (Å²) in [4.78, 5) is 72.6. The van der Waals surface area contributed by atoms with Crippen LogP contribution >= 0.6 is 15.6 Å². The Morgan fingerprint density at radius 1 is 0.290 bits per heavy atom. The van der Waals surface area contributed by atoms with Crippen LogP contribution in [0.25, 0.3) is 0 Å². The fourth-order valence-corrected chi connectivity index (χ4v) is 12.9. The highest BCUT2D eigenvalue weighted by Gasteiger charge is 2.30. The average molecular weight is 1370 g/mol. The summed E-state index contributed by atoms with van der Waals surface area (Å²) in [6.07, 6.45) is 52.8. The lowest BCUT2D eigenvalue weighted by atomic mass is 10.0. The molecule has 0 aliphatic heterocycles. The van der Waals surface area contributed by atoms with Crippen LogP contribution in [0.2, 0.25) is 0 Å². The Bertz CT molecular complexity index is 1800. The van der Waals surface area contributed by atoms with Crippen LogP contribution in [-0.4, -0.2) is 96.7 Å². The molecule has 5 atom stereocenters. The Morgan fingerprint density at radius 3 is 0.731 bits per heavy atom. The van der Waals surface area contributed by atoms with Gasteiger partial charge in [0.15, 0.2) is 12.2 Å². The summed E-state index contributed by atoms with van der Waals surface area (Å²) in [5.74, 6) is -0.541. The van der Waals surface area contributed by atoms with Crippen LogP contribution in [-0.2, 0) is 65.4 Å². The summed E-state index contributed by atoms with van der Waals surface area (Å²) in [5, 5.41) is 10.6. The van der Waals surface area contributed by atoms with Crippen molar-refractivity contribution in [3.63, 3.8) is 0 Å². The van der Waals surface area contributed by atoms with Gasteiger partial charge in [0.2, 0.25) is 0 Å². The molecule has 0 rings (SSSR count). The van der Waals surface area contributed by atoms with Crippen molar-refractivity contribution >= 4 is 39.5 Å². The number of hydrogen-bond acceptors (Lipinski definition) is 15. The number of carbonyl (C=O) groups excluding carboxylic acids is 4. The predicted molar refractivity (Wildman–Crippen MR) is 377 cm³/mol. The average Bonchev–Trinajstić information content (AvgIpc) is 3.74. The van der Waals surface area contributed by atoms with Gasteiger partial charge < -0.3 is 33.8 Å². The van der Waals surface area contributed by atoms with E-state index in [1.807, 2.05) is 0 Å². The third kappa shape index (κ3) is 68.4. The van der Waals surface area contributed by atoms with Crippen LogP contribution in [0.5, 0.6) is 0 Å². The maximum atomic E-state index is 13.1. The molecule has 0 aromatic rings. The maximum absolute atomic E-state index is 13.1. The molecule has 17 nitrogen and oxygen atoms in total. The highest BCUT2D eigenvalue weighted by Crippen LogP contribution is 2.45. The first-order valence-electron chi connectivity index (χ1n) is 38.5. The van der Waals surface area contributed by atoms with Gasteiger partial charge in [-0.15, -0.1) is 0 Å². The molecule has 0 saturated heterocycles. The number of esters is 4. The minimum Gasteiger partial charge on any atom is -0.462 e. The number of unbranched alkanes of at least 4 members (excludes halogenated alkanes) is 43. The Morgan fingerprint density at radius 2 is 0.495 bits per heavy atom. The molecule has 0 heterocycles. The normalized spacial score (nSPS) is 14.1. The third-order valence-electron chi connectivity index (χ3n) is 17.2. The van der Waals surface area contributed by atoms with Crippen LogP contribution in [0.15, 0.2) is 0 Å². The van der Waals surface area contributed by atoms with Crippen molar-refractivity contribution in [1.29, 1.82) is 0 Å². The van der Waals surface area contributed by atoms with Crippen LogP contribution in [0, 0.1) is 11.8 Å². The SMILES string of the molecule is CCCCCCCCCCCCC(=O)O[C@H](COC(=O)CCCCCCCCCCC)COP(=O)(O)OC[C@H](O)COP(=O)(O)OC[C@@H](COC(=O)CCCCCCCCCCCCC(C)C)OC(=O)CCCCCCCCCCCCCCCCCCCCC(C)C. The number of hydrogen-bond donors (Lipinski definition) is 3. The van der Waals surface area contributed by atoms with Gasteiger partial charge in [-0.3, -0.25) is 37.3 Å². The summed E-state index contributed by atoms with van der Waals surface area (Å²) in [6.45, 7) is 9.58. The molecule has 0 radical (unpaired) electrons. The second-order valence-corrected chi connectivity index (χ2v) is 30.5. The van der Waals surface area contributed by atoms with Gasteiger partial charge in [0, 0.05) is 25.7 Å². The molecule has 0 aliphatic rings. The molecular weight excluding hydrogens is 1220 g/mol. The Hall–Kier alpha value is -1.94. The van der Waals surface area contributed by atoms with Gasteiger partial charge in [-0.05, 0) is 37.5 Å². The van der Waals surface area contributed by atoms with E-state index in [0.29, 0.717) is 25.7 Å². The molecule has 0 bridgehead atoms. The molecule has 93 heavy (non-hydrogen) atoms. The minimum absolute atomic E-state index is 0.106. The molecule has 19 heteroatoms. The van der Waals surface area contributed by atoms with E-state index in [1.54, 1.807) is 0 Å². The summed E-state index contributed by atoms with van der Waals surface area (Å²) in [5.41, 5.74) is 0. The van der Waals surface area contributed by atoms with E-state index in [1.165, 1.54) is 199 Å². The van der Waals surface area contributed by atoms with Crippen LogP contribution in [0.1, 0.15) is 382 Å². The van der Waals surface area contributed by atoms with Crippen LogP contribution < -0.4 is 0 Å². The molecule has 0 saturated carbocycles. The second kappa shape index (κ2) is 66.0. The number of phosphoric acid groups is 2. The number of rotatable bonds is 73. The summed E-state index contributed by atoms with van der Waals surface area (Å²) >= 11 is 0. The summed E-state index contributed by atoms with van der Waals surface area (Å²) in [6, 6.07) is 0. The van der Waals surface area contributed by atoms with Crippen molar-refractivity contribution in [3.05, 3.63) is 0 Å². The van der Waals surface area contributed by atoms with E-state index in [4.69, 9.17) is 37.0 Å². The standard InChI is InChI=1S/C74H144O17P2/c1-7-9-11-13-15-17-33-40-46-52-58-73(78)90-69(62-84-71(76)56-50-44-38-30-16-14-12-10-8-2)64-88-92(80,81)86-60-68(75)61-87-93(82,83)89-65-70(63-85-72(77)57-51-45-39-34-29-28-32-37-43-49-55-67(5)6)91-74(79)59-53-47-41-35-27-25-23-21-19-18-20-22-24-26-31-36-42-48-54-66(3)4/h66-70,75H,7-65H2,1-6H3,(H,80,81)(H,82,83)/t68-,69+,70+/m0/s1. The van der Waals surface area contributed by atoms with Gasteiger partial charge in [0.1, 0.15) is 19.3 Å². The van der Waals surface area contributed by atoms with Gasteiger partial charge in [-0.1, -0.05) is 330 Å². The lowest BCUT2D eigenvalue weighted by Crippen LogP contribution is -2.30.